The van der Waals surface area contributed by atoms with Gasteiger partial charge in [0.1, 0.15) is 5.65 Å². The molecule has 1 aliphatic heterocycles. The predicted molar refractivity (Wildman–Crippen MR) is 152 cm³/mol. The van der Waals surface area contributed by atoms with E-state index in [1.54, 1.807) is 12.3 Å². The van der Waals surface area contributed by atoms with Crippen molar-refractivity contribution in [1.82, 2.24) is 25.2 Å². The molecule has 0 aromatic carbocycles. The fraction of sp³-hybridized carbons (Fsp3) is 0.552. The van der Waals surface area contributed by atoms with E-state index in [0.717, 1.165) is 34.5 Å². The zero-order valence-corrected chi connectivity index (χ0v) is 24.5. The molecule has 5 rings (SSSR count). The summed E-state index contributed by atoms with van der Waals surface area (Å²) in [5.74, 6) is -0.0680. The van der Waals surface area contributed by atoms with Gasteiger partial charge in [0.2, 0.25) is 0 Å². The van der Waals surface area contributed by atoms with Crippen LogP contribution in [0.3, 0.4) is 0 Å². The van der Waals surface area contributed by atoms with Crippen LogP contribution in [0, 0.1) is 19.8 Å². The van der Waals surface area contributed by atoms with Crippen molar-refractivity contribution in [3.05, 3.63) is 57.3 Å². The normalized spacial score (nSPS) is 21.4. The Balaban J connectivity index is 1.33. The van der Waals surface area contributed by atoms with Crippen LogP contribution in [0.1, 0.15) is 66.0 Å². The Bertz CT molecular complexity index is 1490. The van der Waals surface area contributed by atoms with Gasteiger partial charge in [0.25, 0.3) is 11.5 Å². The number of ether oxygens (including phenoxy) is 1. The van der Waals surface area contributed by atoms with E-state index in [9.17, 15) is 22.8 Å². The standard InChI is InChI=1S/C29H36F3N5O3S/c1-16-12-23(41-4)22(26(38)35-16)13-34-27(39)24-18(3)37(25-21(24)6-5-11-33-25)17(2)19-7-9-20(10-8-19)36-28(14-40-15-28)29(30,31)32/h5-6,11-12,17,19-20,36H,7-10,13-15H2,1-4H3,(H,34,39)(H,35,38)/t17-,19?,20?/m1/s1. The molecule has 1 aliphatic carbocycles. The summed E-state index contributed by atoms with van der Waals surface area (Å²) >= 11 is 1.46. The topological polar surface area (TPSA) is 101 Å². The number of rotatable bonds is 8. The highest BCUT2D eigenvalue weighted by Crippen LogP contribution is 2.41. The number of amides is 1. The molecule has 41 heavy (non-hydrogen) atoms. The first-order chi connectivity index (χ1) is 19.5. The lowest BCUT2D eigenvalue weighted by atomic mass is 9.80. The van der Waals surface area contributed by atoms with Crippen molar-refractivity contribution >= 4 is 28.7 Å². The molecule has 222 valence electrons. The number of hydrogen-bond acceptors (Lipinski definition) is 6. The third-order valence-electron chi connectivity index (χ3n) is 8.69. The Morgan fingerprint density at radius 1 is 1.27 bits per heavy atom. The second-order valence-corrected chi connectivity index (χ2v) is 12.1. The van der Waals surface area contributed by atoms with Crippen molar-refractivity contribution in [2.45, 2.75) is 81.7 Å². The molecule has 2 aliphatic rings. The molecule has 0 bridgehead atoms. The third-order valence-corrected chi connectivity index (χ3v) is 9.50. The highest BCUT2D eigenvalue weighted by Gasteiger charge is 2.60. The van der Waals surface area contributed by atoms with Crippen LogP contribution in [0.4, 0.5) is 13.2 Å². The first-order valence-corrected chi connectivity index (χ1v) is 15.1. The average Bonchev–Trinajstić information content (AvgIpc) is 3.20. The summed E-state index contributed by atoms with van der Waals surface area (Å²) in [7, 11) is 0. The lowest BCUT2D eigenvalue weighted by Crippen LogP contribution is -2.71. The van der Waals surface area contributed by atoms with E-state index in [2.05, 4.69) is 32.1 Å². The van der Waals surface area contributed by atoms with E-state index in [-0.39, 0.29) is 49.2 Å². The summed E-state index contributed by atoms with van der Waals surface area (Å²) in [5.41, 5.74) is 1.10. The number of alkyl halides is 3. The lowest BCUT2D eigenvalue weighted by Gasteiger charge is -2.46. The highest BCUT2D eigenvalue weighted by atomic mass is 32.2. The summed E-state index contributed by atoms with van der Waals surface area (Å²) in [6.07, 6.45) is 2.03. The van der Waals surface area contributed by atoms with Gasteiger partial charge in [-0.25, -0.2) is 4.98 Å². The van der Waals surface area contributed by atoms with Gasteiger partial charge in [0.15, 0.2) is 5.54 Å². The first-order valence-electron chi connectivity index (χ1n) is 13.9. The van der Waals surface area contributed by atoms with E-state index in [1.807, 2.05) is 32.2 Å². The van der Waals surface area contributed by atoms with E-state index < -0.39 is 11.7 Å². The number of nitrogens with zero attached hydrogens (tertiary/aromatic N) is 2. The second-order valence-electron chi connectivity index (χ2n) is 11.3. The van der Waals surface area contributed by atoms with Crippen molar-refractivity contribution in [2.75, 3.05) is 19.5 Å². The number of nitrogens with one attached hydrogen (secondary N) is 3. The minimum atomic E-state index is -4.34. The summed E-state index contributed by atoms with van der Waals surface area (Å²) < 4.78 is 47.9. The van der Waals surface area contributed by atoms with E-state index in [1.165, 1.54) is 11.8 Å². The Labute approximate surface area is 240 Å². The Hall–Kier alpha value is -2.83. The number of aromatic nitrogens is 3. The van der Waals surface area contributed by atoms with E-state index >= 15 is 0 Å². The van der Waals surface area contributed by atoms with Crippen molar-refractivity contribution in [3.8, 4) is 0 Å². The van der Waals surface area contributed by atoms with Gasteiger partial charge in [-0.05, 0) is 76.8 Å². The summed E-state index contributed by atoms with van der Waals surface area (Å²) in [4.78, 5) is 34.4. The molecule has 1 amide bonds. The number of halogens is 3. The van der Waals surface area contributed by atoms with Gasteiger partial charge >= 0.3 is 6.18 Å². The summed E-state index contributed by atoms with van der Waals surface area (Å²) in [6, 6.07) is 5.33. The Kier molecular flexibility index (Phi) is 8.28. The maximum absolute atomic E-state index is 13.6. The smallest absolute Gasteiger partial charge is 0.377 e. The number of H-pyrrole nitrogens is 1. The lowest BCUT2D eigenvalue weighted by molar-refractivity contribution is -0.270. The van der Waals surface area contributed by atoms with Crippen molar-refractivity contribution in [1.29, 1.82) is 0 Å². The average molecular weight is 592 g/mol. The van der Waals surface area contributed by atoms with Crippen LogP contribution in [0.15, 0.2) is 34.1 Å². The zero-order valence-electron chi connectivity index (χ0n) is 23.7. The third kappa shape index (κ3) is 5.53. The van der Waals surface area contributed by atoms with Gasteiger partial charge < -0.3 is 19.6 Å². The monoisotopic (exact) mass is 591 g/mol. The molecule has 3 aromatic heterocycles. The van der Waals surface area contributed by atoms with Gasteiger partial charge in [0, 0.05) is 52.1 Å². The molecule has 3 N–H and O–H groups in total. The minimum Gasteiger partial charge on any atom is -0.377 e. The minimum absolute atomic E-state index is 0.0125. The van der Waals surface area contributed by atoms with Crippen LogP contribution in [0.5, 0.6) is 0 Å². The van der Waals surface area contributed by atoms with Crippen LogP contribution in [0.25, 0.3) is 11.0 Å². The number of carbonyl (C=O) groups is 1. The zero-order chi connectivity index (χ0) is 29.5. The molecule has 4 heterocycles. The Morgan fingerprint density at radius 3 is 2.59 bits per heavy atom. The van der Waals surface area contributed by atoms with Gasteiger partial charge in [-0.15, -0.1) is 11.8 Å². The second kappa shape index (κ2) is 11.4. The van der Waals surface area contributed by atoms with Crippen LogP contribution >= 0.6 is 11.8 Å². The number of carbonyl (C=O) groups excluding carboxylic acids is 1. The SMILES string of the molecule is CSc1cc(C)[nH]c(=O)c1CNC(=O)c1c(C)n([C@H](C)C2CCC(NC3(C(F)(F)F)COC3)CC2)c2ncccc12. The first kappa shape index (κ1) is 29.7. The molecular weight excluding hydrogens is 555 g/mol. The molecule has 12 heteroatoms. The van der Waals surface area contributed by atoms with E-state index in [4.69, 9.17) is 4.74 Å². The number of aromatic amines is 1. The number of hydrogen-bond donors (Lipinski definition) is 3. The van der Waals surface area contributed by atoms with Crippen LogP contribution in [-0.2, 0) is 11.3 Å². The van der Waals surface area contributed by atoms with Crippen LogP contribution in [-0.4, -0.2) is 57.7 Å². The molecular formula is C29H36F3N5O3S. The maximum atomic E-state index is 13.6. The summed E-state index contributed by atoms with van der Waals surface area (Å²) in [6.45, 7) is 5.23. The van der Waals surface area contributed by atoms with Crippen molar-refractivity contribution in [2.24, 2.45) is 5.92 Å². The molecule has 3 aromatic rings. The Morgan fingerprint density at radius 2 is 1.98 bits per heavy atom. The van der Waals surface area contributed by atoms with Crippen LogP contribution < -0.4 is 16.2 Å². The van der Waals surface area contributed by atoms with E-state index in [0.29, 0.717) is 29.6 Å². The molecule has 0 unspecified atom stereocenters. The van der Waals surface area contributed by atoms with Gasteiger partial charge in [0.05, 0.1) is 18.8 Å². The number of fused-ring (bicyclic) bond motifs is 1. The molecule has 1 saturated carbocycles. The molecule has 1 atom stereocenters. The highest BCUT2D eigenvalue weighted by molar-refractivity contribution is 7.98. The van der Waals surface area contributed by atoms with Gasteiger partial charge in [-0.1, -0.05) is 0 Å². The maximum Gasteiger partial charge on any atom is 0.411 e. The molecule has 2 fully saturated rings. The molecule has 0 spiro atoms. The number of aryl methyl sites for hydroxylation is 1. The summed E-state index contributed by atoms with van der Waals surface area (Å²) in [5, 5.41) is 6.53. The van der Waals surface area contributed by atoms with Gasteiger partial charge in [-0.3, -0.25) is 14.9 Å². The predicted octanol–water partition coefficient (Wildman–Crippen LogP) is 5.03. The molecule has 1 saturated heterocycles. The van der Waals surface area contributed by atoms with Crippen molar-refractivity contribution < 1.29 is 22.7 Å². The molecule has 8 nitrogen and oxygen atoms in total. The van der Waals surface area contributed by atoms with Gasteiger partial charge in [-0.2, -0.15) is 13.2 Å². The fourth-order valence-corrected chi connectivity index (χ4v) is 7.02. The molecule has 0 radical (unpaired) electrons. The number of pyridine rings is 2. The van der Waals surface area contributed by atoms with Crippen molar-refractivity contribution in [3.63, 3.8) is 0 Å². The number of thioether (sulfide) groups is 1. The quantitative estimate of drug-likeness (QED) is 0.318. The largest absolute Gasteiger partial charge is 0.411 e. The van der Waals surface area contributed by atoms with Crippen LogP contribution in [0.2, 0.25) is 0 Å². The fourth-order valence-electron chi connectivity index (χ4n) is 6.32.